The molecular weight excluding hydrogens is 411 g/mol. The highest BCUT2D eigenvalue weighted by Gasteiger charge is 2.20. The first kappa shape index (κ1) is 21.8. The number of carboxylic acids is 1. The molecule has 3 aromatic carbocycles. The maximum atomic E-state index is 13.8. The SMILES string of the molecule is O=C([O-])c1cc(NCc2cccc(OCc3ccccc3F)c2)ccc1[NH+]1CCOCC1. The van der Waals surface area contributed by atoms with E-state index < -0.39 is 5.97 Å². The summed E-state index contributed by atoms with van der Waals surface area (Å²) in [5.74, 6) is -0.850. The van der Waals surface area contributed by atoms with Gasteiger partial charge in [-0.2, -0.15) is 0 Å². The number of carbonyl (C=O) groups is 1. The Hall–Kier alpha value is -3.42. The predicted octanol–water partition coefficient (Wildman–Crippen LogP) is 1.93. The Kier molecular flexibility index (Phi) is 6.99. The summed E-state index contributed by atoms with van der Waals surface area (Å²) >= 11 is 0. The van der Waals surface area contributed by atoms with Gasteiger partial charge in [0, 0.05) is 23.9 Å². The van der Waals surface area contributed by atoms with Crippen LogP contribution in [0.1, 0.15) is 21.5 Å². The molecule has 166 valence electrons. The molecule has 6 nitrogen and oxygen atoms in total. The van der Waals surface area contributed by atoms with Gasteiger partial charge in [0.2, 0.25) is 0 Å². The van der Waals surface area contributed by atoms with E-state index in [2.05, 4.69) is 5.32 Å². The summed E-state index contributed by atoms with van der Waals surface area (Å²) in [6, 6.07) is 19.3. The Morgan fingerprint density at radius 2 is 1.88 bits per heavy atom. The van der Waals surface area contributed by atoms with Crippen LogP contribution in [0.15, 0.2) is 66.7 Å². The van der Waals surface area contributed by atoms with Crippen LogP contribution in [0.3, 0.4) is 0 Å². The number of aromatic carboxylic acids is 1. The van der Waals surface area contributed by atoms with Crippen LogP contribution in [0, 0.1) is 5.82 Å². The molecule has 3 aromatic rings. The fourth-order valence-corrected chi connectivity index (χ4v) is 3.74. The fourth-order valence-electron chi connectivity index (χ4n) is 3.74. The van der Waals surface area contributed by atoms with Gasteiger partial charge in [-0.25, -0.2) is 4.39 Å². The van der Waals surface area contributed by atoms with Gasteiger partial charge in [0.25, 0.3) is 0 Å². The van der Waals surface area contributed by atoms with E-state index in [0.29, 0.717) is 36.8 Å². The minimum Gasteiger partial charge on any atom is -0.545 e. The van der Waals surface area contributed by atoms with Crippen LogP contribution in [0.5, 0.6) is 5.75 Å². The highest BCUT2D eigenvalue weighted by molar-refractivity contribution is 5.92. The lowest BCUT2D eigenvalue weighted by Gasteiger charge is -2.25. The van der Waals surface area contributed by atoms with Crippen molar-refractivity contribution in [2.75, 3.05) is 31.6 Å². The van der Waals surface area contributed by atoms with Gasteiger partial charge in [0.05, 0.1) is 24.7 Å². The third kappa shape index (κ3) is 5.43. The van der Waals surface area contributed by atoms with Crippen LogP contribution in [-0.2, 0) is 17.9 Å². The van der Waals surface area contributed by atoms with Gasteiger partial charge >= 0.3 is 0 Å². The van der Waals surface area contributed by atoms with Crippen molar-refractivity contribution in [2.24, 2.45) is 0 Å². The predicted molar refractivity (Wildman–Crippen MR) is 116 cm³/mol. The second-order valence-corrected chi connectivity index (χ2v) is 7.64. The van der Waals surface area contributed by atoms with E-state index in [1.54, 1.807) is 24.3 Å². The summed E-state index contributed by atoms with van der Waals surface area (Å²) in [4.78, 5) is 12.8. The Balaban J connectivity index is 1.41. The first-order chi connectivity index (χ1) is 15.6. The molecule has 1 heterocycles. The number of anilines is 1. The van der Waals surface area contributed by atoms with Crippen molar-refractivity contribution in [3.8, 4) is 5.75 Å². The maximum absolute atomic E-state index is 13.8. The first-order valence-electron chi connectivity index (χ1n) is 10.6. The average molecular weight is 436 g/mol. The Bertz CT molecular complexity index is 1080. The van der Waals surface area contributed by atoms with E-state index in [9.17, 15) is 14.3 Å². The molecule has 0 atom stereocenters. The van der Waals surface area contributed by atoms with Crippen LogP contribution in [-0.4, -0.2) is 32.3 Å². The van der Waals surface area contributed by atoms with Crippen LogP contribution >= 0.6 is 0 Å². The molecule has 1 saturated heterocycles. The molecule has 0 unspecified atom stereocenters. The Labute approximate surface area is 186 Å². The summed E-state index contributed by atoms with van der Waals surface area (Å²) < 4.78 is 24.9. The van der Waals surface area contributed by atoms with Crippen molar-refractivity contribution in [3.05, 3.63) is 89.2 Å². The van der Waals surface area contributed by atoms with Gasteiger partial charge in [-0.3, -0.25) is 4.90 Å². The molecule has 7 heteroatoms. The van der Waals surface area contributed by atoms with Crippen LogP contribution in [0.2, 0.25) is 0 Å². The molecule has 32 heavy (non-hydrogen) atoms. The lowest BCUT2D eigenvalue weighted by molar-refractivity contribution is -0.842. The normalized spacial score (nSPS) is 14.2. The Morgan fingerprint density at radius 1 is 1.06 bits per heavy atom. The van der Waals surface area contributed by atoms with Crippen molar-refractivity contribution >= 4 is 17.3 Å². The minimum atomic E-state index is -1.19. The van der Waals surface area contributed by atoms with Gasteiger partial charge in [0.15, 0.2) is 0 Å². The zero-order chi connectivity index (χ0) is 22.3. The van der Waals surface area contributed by atoms with Crippen molar-refractivity contribution in [1.82, 2.24) is 0 Å². The highest BCUT2D eigenvalue weighted by Crippen LogP contribution is 2.20. The number of morpholine rings is 1. The number of nitrogens with one attached hydrogen (secondary N) is 2. The molecule has 1 aliphatic heterocycles. The van der Waals surface area contributed by atoms with E-state index in [1.807, 2.05) is 36.4 Å². The number of quaternary nitrogens is 1. The average Bonchev–Trinajstić information content (AvgIpc) is 2.83. The van der Waals surface area contributed by atoms with Gasteiger partial charge in [-0.05, 0) is 35.9 Å². The lowest BCUT2D eigenvalue weighted by Crippen LogP contribution is -3.09. The summed E-state index contributed by atoms with van der Waals surface area (Å²) in [5, 5.41) is 15.0. The molecule has 0 amide bonds. The smallest absolute Gasteiger partial charge is 0.140 e. The standard InChI is InChI=1S/C25H25FN2O4/c26-23-7-2-1-5-19(23)17-32-21-6-3-4-18(14-21)16-27-20-8-9-24(22(15-20)25(29)30)28-10-12-31-13-11-28/h1-9,14-15,27H,10-13,16-17H2,(H,29,30). The quantitative estimate of drug-likeness (QED) is 0.565. The molecular formula is C25H25FN2O4. The maximum Gasteiger partial charge on any atom is 0.140 e. The summed E-state index contributed by atoms with van der Waals surface area (Å²) in [7, 11) is 0. The molecule has 4 rings (SSSR count). The van der Waals surface area contributed by atoms with E-state index in [0.717, 1.165) is 29.2 Å². The van der Waals surface area contributed by atoms with E-state index >= 15 is 0 Å². The monoisotopic (exact) mass is 436 g/mol. The number of carbonyl (C=O) groups excluding carboxylic acids is 1. The Morgan fingerprint density at radius 3 is 2.66 bits per heavy atom. The molecule has 0 spiro atoms. The largest absolute Gasteiger partial charge is 0.545 e. The molecule has 1 aliphatic rings. The van der Waals surface area contributed by atoms with Crippen LogP contribution in [0.4, 0.5) is 15.8 Å². The van der Waals surface area contributed by atoms with Crippen molar-refractivity contribution in [2.45, 2.75) is 13.2 Å². The van der Waals surface area contributed by atoms with Gasteiger partial charge < -0.3 is 24.7 Å². The van der Waals surface area contributed by atoms with E-state index in [4.69, 9.17) is 9.47 Å². The molecule has 1 fully saturated rings. The fraction of sp³-hybridized carbons (Fsp3) is 0.240. The molecule has 0 saturated carbocycles. The van der Waals surface area contributed by atoms with Gasteiger partial charge in [0.1, 0.15) is 37.0 Å². The van der Waals surface area contributed by atoms with Crippen molar-refractivity contribution in [1.29, 1.82) is 0 Å². The van der Waals surface area contributed by atoms with Crippen LogP contribution in [0.25, 0.3) is 0 Å². The summed E-state index contributed by atoms with van der Waals surface area (Å²) in [6.45, 7) is 3.30. The van der Waals surface area contributed by atoms with E-state index in [-0.39, 0.29) is 18.0 Å². The number of ether oxygens (including phenoxy) is 2. The number of halogens is 1. The molecule has 0 aliphatic carbocycles. The van der Waals surface area contributed by atoms with E-state index in [1.165, 1.54) is 6.07 Å². The molecule has 0 radical (unpaired) electrons. The lowest BCUT2D eigenvalue weighted by atomic mass is 10.1. The second-order valence-electron chi connectivity index (χ2n) is 7.64. The number of hydrogen-bond donors (Lipinski definition) is 2. The zero-order valence-electron chi connectivity index (χ0n) is 17.6. The van der Waals surface area contributed by atoms with Gasteiger partial charge in [-0.1, -0.05) is 30.3 Å². The minimum absolute atomic E-state index is 0.143. The number of carboxylic acid groups (broad SMARTS) is 1. The topological polar surface area (TPSA) is 75.1 Å². The van der Waals surface area contributed by atoms with Crippen molar-refractivity contribution < 1.29 is 28.7 Å². The van der Waals surface area contributed by atoms with Gasteiger partial charge in [-0.15, -0.1) is 0 Å². The third-order valence-electron chi connectivity index (χ3n) is 5.46. The zero-order valence-corrected chi connectivity index (χ0v) is 17.6. The molecule has 0 aromatic heterocycles. The second kappa shape index (κ2) is 10.3. The number of hydrogen-bond acceptors (Lipinski definition) is 5. The molecule has 2 N–H and O–H groups in total. The van der Waals surface area contributed by atoms with Crippen molar-refractivity contribution in [3.63, 3.8) is 0 Å². The third-order valence-corrected chi connectivity index (χ3v) is 5.46. The number of rotatable bonds is 8. The number of benzene rings is 3. The first-order valence-corrected chi connectivity index (χ1v) is 10.6. The summed E-state index contributed by atoms with van der Waals surface area (Å²) in [6.07, 6.45) is 0. The highest BCUT2D eigenvalue weighted by atomic mass is 19.1. The molecule has 0 bridgehead atoms. The summed E-state index contributed by atoms with van der Waals surface area (Å²) in [5.41, 5.74) is 3.05. The van der Waals surface area contributed by atoms with Crippen LogP contribution < -0.4 is 20.1 Å².